The van der Waals surface area contributed by atoms with Crippen LogP contribution in [0.25, 0.3) is 102 Å². The summed E-state index contributed by atoms with van der Waals surface area (Å²) in [6, 6.07) is 48.6. The molecule has 50 heavy (non-hydrogen) atoms. The number of nitriles is 1. The Balaban J connectivity index is 1.17. The largest absolute Gasteiger partial charge is 0.456 e. The van der Waals surface area contributed by atoms with E-state index >= 15 is 0 Å². The Kier molecular flexibility index (Phi) is 5.34. The molecule has 5 nitrogen and oxygen atoms in total. The van der Waals surface area contributed by atoms with E-state index in [1.54, 1.807) is 11.3 Å². The summed E-state index contributed by atoms with van der Waals surface area (Å²) >= 11 is 1.80. The minimum absolute atomic E-state index is 0.635. The van der Waals surface area contributed by atoms with E-state index in [9.17, 15) is 5.26 Å². The topological polar surface area (TPSA) is 51.1 Å². The Labute approximate surface area is 288 Å². The van der Waals surface area contributed by atoms with Crippen LogP contribution in [-0.4, -0.2) is 9.13 Å². The molecule has 0 atom stereocenters. The van der Waals surface area contributed by atoms with E-state index in [0.29, 0.717) is 11.3 Å². The maximum absolute atomic E-state index is 9.82. The number of hydrogen-bond donors (Lipinski definition) is 0. The van der Waals surface area contributed by atoms with Gasteiger partial charge in [-0.2, -0.15) is 5.26 Å². The lowest BCUT2D eigenvalue weighted by atomic mass is 10.1. The van der Waals surface area contributed by atoms with Crippen LogP contribution in [0, 0.1) is 17.9 Å². The van der Waals surface area contributed by atoms with Gasteiger partial charge in [-0.1, -0.05) is 42.5 Å². The van der Waals surface area contributed by atoms with Crippen LogP contribution in [0.4, 0.5) is 5.69 Å². The number of fused-ring (bicyclic) bond motifs is 12. The van der Waals surface area contributed by atoms with E-state index in [-0.39, 0.29) is 0 Å². The fraction of sp³-hybridized carbons (Fsp3) is 0. The smallest absolute Gasteiger partial charge is 0.188 e. The molecule has 0 amide bonds. The number of nitrogens with zero attached hydrogens (tertiary/aromatic N) is 4. The third-order valence-electron chi connectivity index (χ3n) is 10.1. The van der Waals surface area contributed by atoms with Gasteiger partial charge in [-0.3, -0.25) is 0 Å². The van der Waals surface area contributed by atoms with Crippen LogP contribution in [0.1, 0.15) is 5.56 Å². The highest BCUT2D eigenvalue weighted by Gasteiger charge is 2.19. The summed E-state index contributed by atoms with van der Waals surface area (Å²) in [6.45, 7) is 7.58. The van der Waals surface area contributed by atoms with Crippen molar-refractivity contribution in [3.63, 3.8) is 0 Å². The molecule has 230 valence electrons. The van der Waals surface area contributed by atoms with Gasteiger partial charge in [0.05, 0.1) is 40.3 Å². The lowest BCUT2D eigenvalue weighted by Gasteiger charge is -2.10. The van der Waals surface area contributed by atoms with Crippen molar-refractivity contribution in [1.82, 2.24) is 9.13 Å². The van der Waals surface area contributed by atoms with Crippen molar-refractivity contribution < 1.29 is 4.42 Å². The summed E-state index contributed by atoms with van der Waals surface area (Å²) < 4.78 is 13.4. The predicted octanol–water partition coefficient (Wildman–Crippen LogP) is 12.6. The summed E-state index contributed by atoms with van der Waals surface area (Å²) in [4.78, 5) is 3.70. The van der Waals surface area contributed by atoms with Gasteiger partial charge in [0, 0.05) is 64.5 Å². The van der Waals surface area contributed by atoms with Gasteiger partial charge in [0.15, 0.2) is 5.69 Å². The zero-order valence-electron chi connectivity index (χ0n) is 26.3. The second-order valence-corrected chi connectivity index (χ2v) is 13.9. The SMILES string of the molecule is [C-]#[N+]c1ccc2c(c1)c1ccccc1n2-c1ccc2sc3ccc(-n4c5ccc(C#N)cc5c5cc6c(cc54)oc4ccccc46)cc3c2c1. The van der Waals surface area contributed by atoms with E-state index in [2.05, 4.69) is 111 Å². The van der Waals surface area contributed by atoms with Crippen LogP contribution in [0.5, 0.6) is 0 Å². The second kappa shape index (κ2) is 9.84. The quantitative estimate of drug-likeness (QED) is 0.174. The van der Waals surface area contributed by atoms with Gasteiger partial charge >= 0.3 is 0 Å². The lowest BCUT2D eigenvalue weighted by Crippen LogP contribution is -1.94. The summed E-state index contributed by atoms with van der Waals surface area (Å²) in [5.41, 5.74) is 9.37. The molecule has 11 rings (SSSR count). The number of benzene rings is 7. The molecular weight excluding hydrogens is 633 g/mol. The first-order valence-electron chi connectivity index (χ1n) is 16.3. The molecule has 0 spiro atoms. The first kappa shape index (κ1) is 27.1. The van der Waals surface area contributed by atoms with E-state index < -0.39 is 0 Å². The number of para-hydroxylation sites is 2. The first-order valence-corrected chi connectivity index (χ1v) is 17.2. The highest BCUT2D eigenvalue weighted by molar-refractivity contribution is 7.25. The molecule has 0 unspecified atom stereocenters. The molecule has 0 aliphatic carbocycles. The molecule has 11 aromatic rings. The van der Waals surface area contributed by atoms with Crippen molar-refractivity contribution in [3.05, 3.63) is 150 Å². The zero-order valence-corrected chi connectivity index (χ0v) is 27.1. The molecule has 0 radical (unpaired) electrons. The number of furan rings is 1. The standard InChI is InChI=1S/C44H22N4OS/c1-46-26-11-15-39-32(19-26)29-6-2-4-8-37(29)47(39)27-12-16-43-35(20-27)36-21-28(13-17-44(36)50-43)48-38-14-10-25(24-45)18-31(38)33-22-34-30-7-3-5-9-41(30)49-42(34)23-40(33)48/h2-23H. The molecule has 0 saturated carbocycles. The van der Waals surface area contributed by atoms with Crippen molar-refractivity contribution in [2.24, 2.45) is 0 Å². The Hall–Kier alpha value is -6.86. The van der Waals surface area contributed by atoms with E-state index in [4.69, 9.17) is 11.0 Å². The monoisotopic (exact) mass is 654 g/mol. The Morgan fingerprint density at radius 2 is 1.16 bits per heavy atom. The zero-order chi connectivity index (χ0) is 33.1. The predicted molar refractivity (Wildman–Crippen MR) is 206 cm³/mol. The minimum Gasteiger partial charge on any atom is -0.456 e. The van der Waals surface area contributed by atoms with E-state index in [0.717, 1.165) is 76.9 Å². The molecule has 0 saturated heterocycles. The maximum atomic E-state index is 9.82. The molecule has 0 N–H and O–H groups in total. The van der Waals surface area contributed by atoms with Crippen molar-refractivity contribution in [2.45, 2.75) is 0 Å². The molecule has 0 bridgehead atoms. The average molecular weight is 655 g/mol. The van der Waals surface area contributed by atoms with Crippen LogP contribution in [0.15, 0.2) is 138 Å². The normalized spacial score (nSPS) is 12.0. The molecule has 0 aliphatic heterocycles. The molecule has 4 aromatic heterocycles. The third-order valence-corrected chi connectivity index (χ3v) is 11.3. The van der Waals surface area contributed by atoms with Crippen LogP contribution in [0.3, 0.4) is 0 Å². The summed E-state index contributed by atoms with van der Waals surface area (Å²) in [6.07, 6.45) is 0. The van der Waals surface area contributed by atoms with Gasteiger partial charge in [-0.25, -0.2) is 4.85 Å². The van der Waals surface area contributed by atoms with Crippen LogP contribution in [0.2, 0.25) is 0 Å². The Morgan fingerprint density at radius 1 is 0.520 bits per heavy atom. The fourth-order valence-corrected chi connectivity index (χ4v) is 8.99. The summed E-state index contributed by atoms with van der Waals surface area (Å²) in [5.74, 6) is 0. The Bertz CT molecular complexity index is 3360. The van der Waals surface area contributed by atoms with Gasteiger partial charge in [0.1, 0.15) is 11.2 Å². The second-order valence-electron chi connectivity index (χ2n) is 12.8. The number of aromatic nitrogens is 2. The van der Waals surface area contributed by atoms with Gasteiger partial charge in [0.25, 0.3) is 0 Å². The highest BCUT2D eigenvalue weighted by atomic mass is 32.1. The van der Waals surface area contributed by atoms with Gasteiger partial charge in [0.2, 0.25) is 0 Å². The summed E-state index contributed by atoms with van der Waals surface area (Å²) in [7, 11) is 0. The Morgan fingerprint density at radius 3 is 1.92 bits per heavy atom. The first-order chi connectivity index (χ1) is 24.7. The summed E-state index contributed by atoms with van der Waals surface area (Å²) in [5, 5.41) is 18.7. The number of thiophene rings is 1. The van der Waals surface area contributed by atoms with E-state index in [1.165, 1.54) is 20.2 Å². The van der Waals surface area contributed by atoms with Crippen molar-refractivity contribution in [3.8, 4) is 17.4 Å². The molecular formula is C44H22N4OS. The van der Waals surface area contributed by atoms with Crippen molar-refractivity contribution >= 4 is 103 Å². The highest BCUT2D eigenvalue weighted by Crippen LogP contribution is 2.42. The molecule has 7 aromatic carbocycles. The molecule has 6 heteroatoms. The molecule has 0 aliphatic rings. The van der Waals surface area contributed by atoms with Crippen LogP contribution >= 0.6 is 11.3 Å². The van der Waals surface area contributed by atoms with Crippen LogP contribution in [-0.2, 0) is 0 Å². The van der Waals surface area contributed by atoms with Crippen molar-refractivity contribution in [1.29, 1.82) is 5.26 Å². The lowest BCUT2D eigenvalue weighted by molar-refractivity contribution is 0.669. The fourth-order valence-electron chi connectivity index (χ4n) is 7.93. The van der Waals surface area contributed by atoms with Crippen molar-refractivity contribution in [2.75, 3.05) is 0 Å². The van der Waals surface area contributed by atoms with Gasteiger partial charge in [-0.05, 0) is 90.3 Å². The minimum atomic E-state index is 0.635. The maximum Gasteiger partial charge on any atom is 0.188 e. The third kappa shape index (κ3) is 3.63. The van der Waals surface area contributed by atoms with Gasteiger partial charge < -0.3 is 13.6 Å². The average Bonchev–Trinajstić information content (AvgIpc) is 3.90. The number of rotatable bonds is 2. The van der Waals surface area contributed by atoms with Gasteiger partial charge in [-0.15, -0.1) is 11.3 Å². The van der Waals surface area contributed by atoms with Crippen LogP contribution < -0.4 is 0 Å². The molecule has 4 heterocycles. The van der Waals surface area contributed by atoms with E-state index in [1.807, 2.05) is 42.5 Å². The molecule has 0 fully saturated rings. The number of hydrogen-bond acceptors (Lipinski definition) is 3.